The Morgan fingerprint density at radius 1 is 1.21 bits per heavy atom. The highest BCUT2D eigenvalue weighted by Crippen LogP contribution is 2.52. The van der Waals surface area contributed by atoms with E-state index in [1.807, 2.05) is 12.2 Å². The molecule has 1 aliphatic heterocycles. The van der Waals surface area contributed by atoms with E-state index in [0.717, 1.165) is 29.8 Å². The lowest BCUT2D eigenvalue weighted by Gasteiger charge is -2.13. The fourth-order valence-corrected chi connectivity index (χ4v) is 3.88. The normalized spacial score (nSPS) is 30.6. The lowest BCUT2D eigenvalue weighted by atomic mass is 9.85. The van der Waals surface area contributed by atoms with Gasteiger partial charge in [0.2, 0.25) is 0 Å². The van der Waals surface area contributed by atoms with E-state index in [4.69, 9.17) is 0 Å². The molecule has 1 N–H and O–H groups in total. The molecule has 0 radical (unpaired) electrons. The van der Waals surface area contributed by atoms with Gasteiger partial charge in [-0.25, -0.2) is 0 Å². The molecule has 2 fully saturated rings. The average Bonchev–Trinajstić information content (AvgIpc) is 3.22. The maximum absolute atomic E-state index is 12.5. The number of hydrazone groups is 1. The van der Waals surface area contributed by atoms with Crippen LogP contribution in [0.5, 0.6) is 5.75 Å². The second-order valence-electron chi connectivity index (χ2n) is 6.23. The van der Waals surface area contributed by atoms with Crippen molar-refractivity contribution in [3.05, 3.63) is 46.0 Å². The van der Waals surface area contributed by atoms with Crippen molar-refractivity contribution in [1.29, 1.82) is 0 Å². The van der Waals surface area contributed by atoms with Gasteiger partial charge < -0.3 is 5.11 Å². The Morgan fingerprint density at radius 3 is 2.42 bits per heavy atom. The van der Waals surface area contributed by atoms with Crippen molar-refractivity contribution in [3.63, 3.8) is 0 Å². The molecule has 8 heteroatoms. The second-order valence-corrected chi connectivity index (χ2v) is 6.23. The molecule has 0 aromatic heterocycles. The van der Waals surface area contributed by atoms with E-state index in [1.165, 1.54) is 6.07 Å². The van der Waals surface area contributed by atoms with Gasteiger partial charge in [-0.05, 0) is 24.3 Å². The van der Waals surface area contributed by atoms with Gasteiger partial charge in [-0.1, -0.05) is 12.2 Å². The maximum Gasteiger partial charge on any atom is 0.270 e. The lowest BCUT2D eigenvalue weighted by Crippen LogP contribution is -2.28. The number of allylic oxidation sites excluding steroid dienone is 2. The number of non-ortho nitro benzene ring substituents is 1. The zero-order valence-corrected chi connectivity index (χ0v) is 12.4. The van der Waals surface area contributed by atoms with Crippen molar-refractivity contribution in [2.75, 3.05) is 0 Å². The first-order chi connectivity index (χ1) is 11.5. The molecule has 2 amide bonds. The summed E-state index contributed by atoms with van der Waals surface area (Å²) in [5.41, 5.74) is -0.143. The highest BCUT2D eigenvalue weighted by molar-refractivity contribution is 6.06. The average molecular weight is 327 g/mol. The van der Waals surface area contributed by atoms with Crippen molar-refractivity contribution in [1.82, 2.24) is 5.01 Å². The van der Waals surface area contributed by atoms with Crippen LogP contribution in [0.25, 0.3) is 0 Å². The van der Waals surface area contributed by atoms with Crippen LogP contribution in [-0.4, -0.2) is 33.1 Å². The van der Waals surface area contributed by atoms with E-state index in [9.17, 15) is 24.8 Å². The van der Waals surface area contributed by atoms with Crippen LogP contribution in [0.1, 0.15) is 12.0 Å². The van der Waals surface area contributed by atoms with E-state index in [-0.39, 0.29) is 52.5 Å². The lowest BCUT2D eigenvalue weighted by molar-refractivity contribution is -0.384. The smallest absolute Gasteiger partial charge is 0.270 e. The van der Waals surface area contributed by atoms with Gasteiger partial charge in [0.25, 0.3) is 17.5 Å². The highest BCUT2D eigenvalue weighted by atomic mass is 16.6. The molecular weight excluding hydrogens is 314 g/mol. The predicted octanol–water partition coefficient (Wildman–Crippen LogP) is 1.44. The monoisotopic (exact) mass is 327 g/mol. The van der Waals surface area contributed by atoms with Crippen molar-refractivity contribution in [2.24, 2.45) is 28.8 Å². The molecular formula is C16H13N3O5. The van der Waals surface area contributed by atoms with Gasteiger partial charge in [0.05, 0.1) is 23.0 Å². The van der Waals surface area contributed by atoms with Crippen molar-refractivity contribution in [2.45, 2.75) is 6.42 Å². The minimum Gasteiger partial charge on any atom is -0.507 e. The zero-order chi connectivity index (χ0) is 17.0. The molecule has 2 aliphatic carbocycles. The number of hydrogen-bond acceptors (Lipinski definition) is 6. The van der Waals surface area contributed by atoms with E-state index < -0.39 is 4.92 Å². The van der Waals surface area contributed by atoms with Crippen LogP contribution >= 0.6 is 0 Å². The molecule has 1 aromatic carbocycles. The summed E-state index contributed by atoms with van der Waals surface area (Å²) >= 11 is 0. The van der Waals surface area contributed by atoms with Gasteiger partial charge >= 0.3 is 0 Å². The van der Waals surface area contributed by atoms with E-state index in [0.29, 0.717) is 0 Å². The molecule has 24 heavy (non-hydrogen) atoms. The molecule has 1 saturated heterocycles. The topological polar surface area (TPSA) is 113 Å². The minimum atomic E-state index is -0.601. The number of nitro benzene ring substituents is 1. The van der Waals surface area contributed by atoms with Gasteiger partial charge in [0, 0.05) is 17.7 Å². The fraction of sp³-hybridized carbons (Fsp3) is 0.312. The van der Waals surface area contributed by atoms with Crippen LogP contribution in [0.4, 0.5) is 5.69 Å². The van der Waals surface area contributed by atoms with Gasteiger partial charge in [0.1, 0.15) is 5.75 Å². The first kappa shape index (κ1) is 14.6. The van der Waals surface area contributed by atoms with Gasteiger partial charge in [-0.2, -0.15) is 10.1 Å². The third-order valence-electron chi connectivity index (χ3n) is 4.98. The fourth-order valence-electron chi connectivity index (χ4n) is 3.88. The van der Waals surface area contributed by atoms with Crippen LogP contribution in [-0.2, 0) is 9.59 Å². The Morgan fingerprint density at radius 2 is 1.83 bits per heavy atom. The van der Waals surface area contributed by atoms with Crippen LogP contribution in [0, 0.1) is 33.8 Å². The van der Waals surface area contributed by atoms with Gasteiger partial charge in [0.15, 0.2) is 0 Å². The second kappa shape index (κ2) is 4.98. The van der Waals surface area contributed by atoms with Crippen LogP contribution < -0.4 is 0 Å². The quantitative estimate of drug-likeness (QED) is 0.297. The largest absolute Gasteiger partial charge is 0.507 e. The number of fused-ring (bicyclic) bond motifs is 5. The Bertz CT molecular complexity index is 801. The number of aromatic hydroxyl groups is 1. The first-order valence-electron chi connectivity index (χ1n) is 7.55. The number of carbonyl (C=O) groups excluding carboxylic acids is 2. The number of hydrogen-bond donors (Lipinski definition) is 1. The van der Waals surface area contributed by atoms with Crippen LogP contribution in [0.2, 0.25) is 0 Å². The van der Waals surface area contributed by atoms with Crippen LogP contribution in [0.15, 0.2) is 35.5 Å². The summed E-state index contributed by atoms with van der Waals surface area (Å²) < 4.78 is 0. The molecule has 8 nitrogen and oxygen atoms in total. The standard InChI is InChI=1S/C16H13N3O5/c20-12-4-3-11(19(23)24)6-10(12)7-17-18-15(21)13-8-1-2-9(5-8)14(13)16(18)22/h1-4,6-9,13-14,20H,5H2/t8-,9-,13-,14+/m0/s1. The van der Waals surface area contributed by atoms with Gasteiger partial charge in [-0.3, -0.25) is 19.7 Å². The third-order valence-corrected chi connectivity index (χ3v) is 4.98. The molecule has 2 bridgehead atoms. The number of nitrogens with zero attached hydrogens (tertiary/aromatic N) is 3. The summed E-state index contributed by atoms with van der Waals surface area (Å²) in [5, 5.41) is 25.3. The number of phenols is 1. The van der Waals surface area contributed by atoms with E-state index in [1.54, 1.807) is 0 Å². The summed E-state index contributed by atoms with van der Waals surface area (Å²) in [7, 11) is 0. The van der Waals surface area contributed by atoms with E-state index in [2.05, 4.69) is 5.10 Å². The number of imide groups is 1. The third kappa shape index (κ3) is 1.96. The number of amides is 2. The van der Waals surface area contributed by atoms with Crippen molar-refractivity contribution < 1.29 is 19.6 Å². The summed E-state index contributed by atoms with van der Waals surface area (Å²) in [6.45, 7) is 0. The molecule has 0 spiro atoms. The summed E-state index contributed by atoms with van der Waals surface area (Å²) in [4.78, 5) is 35.1. The highest BCUT2D eigenvalue weighted by Gasteiger charge is 2.59. The Kier molecular flexibility index (Phi) is 3.02. The predicted molar refractivity (Wildman–Crippen MR) is 81.9 cm³/mol. The number of nitro groups is 1. The van der Waals surface area contributed by atoms with Gasteiger partial charge in [-0.15, -0.1) is 0 Å². The molecule has 1 heterocycles. The molecule has 3 aliphatic rings. The number of phenolic OH excluding ortho intramolecular Hbond substituents is 1. The summed E-state index contributed by atoms with van der Waals surface area (Å²) in [6.07, 6.45) is 5.90. The number of benzene rings is 1. The Labute approximate surface area is 136 Å². The molecule has 4 atom stereocenters. The van der Waals surface area contributed by atoms with Crippen LogP contribution in [0.3, 0.4) is 0 Å². The molecule has 0 unspecified atom stereocenters. The summed E-state index contributed by atoms with van der Waals surface area (Å²) in [6, 6.07) is 3.47. The Hall–Kier alpha value is -3.03. The number of carbonyl (C=O) groups is 2. The van der Waals surface area contributed by atoms with E-state index >= 15 is 0 Å². The Balaban J connectivity index is 1.61. The minimum absolute atomic E-state index is 0.0722. The number of rotatable bonds is 3. The van der Waals surface area contributed by atoms with Crippen molar-refractivity contribution in [3.8, 4) is 5.75 Å². The van der Waals surface area contributed by atoms with Crippen molar-refractivity contribution >= 4 is 23.7 Å². The first-order valence-corrected chi connectivity index (χ1v) is 7.55. The summed E-state index contributed by atoms with van der Waals surface area (Å²) in [5.74, 6) is -1.45. The molecule has 122 valence electrons. The zero-order valence-electron chi connectivity index (χ0n) is 12.4. The molecule has 1 aromatic rings. The SMILES string of the molecule is O=C1[C@@H]2[C@H](C(=O)N1N=Cc1cc([N+](=O)[O-])ccc1O)[C@H]1C=C[C@H]2C1. The maximum atomic E-state index is 12.5. The molecule has 1 saturated carbocycles. The molecule has 4 rings (SSSR count).